The average Bonchev–Trinajstić information content (AvgIpc) is 3.18. The number of aromatic nitrogens is 2. The molecule has 0 fully saturated rings. The summed E-state index contributed by atoms with van der Waals surface area (Å²) in [4.78, 5) is 46.2. The van der Waals surface area contributed by atoms with Gasteiger partial charge in [-0.25, -0.2) is 4.98 Å². The molecule has 152 valence electrons. The highest BCUT2D eigenvalue weighted by Gasteiger charge is 2.31. The van der Waals surface area contributed by atoms with Gasteiger partial charge in [0.25, 0.3) is 0 Å². The largest absolute Gasteiger partial charge is 0.333 e. The highest BCUT2D eigenvalue weighted by Crippen LogP contribution is 2.32. The number of hydrogen-bond acceptors (Lipinski definition) is 5. The molecule has 1 aliphatic carbocycles. The van der Waals surface area contributed by atoms with Gasteiger partial charge in [-0.1, -0.05) is 54.2 Å². The molecule has 0 bridgehead atoms. The molecule has 0 atom stereocenters. The minimum Gasteiger partial charge on any atom is -0.333 e. The van der Waals surface area contributed by atoms with Crippen LogP contribution in [0.3, 0.4) is 0 Å². The number of carbonyl (C=O) groups excluding carboxylic acids is 3. The van der Waals surface area contributed by atoms with Gasteiger partial charge in [0, 0.05) is 16.7 Å². The Labute approximate surface area is 182 Å². The van der Waals surface area contributed by atoms with Crippen molar-refractivity contribution >= 4 is 46.0 Å². The number of nitrogens with one attached hydrogen (secondary N) is 2. The molecule has 2 N–H and O–H groups in total. The van der Waals surface area contributed by atoms with Crippen LogP contribution in [0.15, 0.2) is 65.8 Å². The Morgan fingerprint density at radius 1 is 0.968 bits per heavy atom. The minimum absolute atomic E-state index is 0.112. The van der Waals surface area contributed by atoms with Crippen molar-refractivity contribution in [1.29, 1.82) is 0 Å². The number of ketones is 2. The molecule has 31 heavy (non-hydrogen) atoms. The van der Waals surface area contributed by atoms with Crippen molar-refractivity contribution in [2.24, 2.45) is 0 Å². The van der Waals surface area contributed by atoms with E-state index in [1.807, 2.05) is 25.1 Å². The maximum Gasteiger partial charge on any atom is 0.234 e. The van der Waals surface area contributed by atoms with Crippen molar-refractivity contribution < 1.29 is 14.4 Å². The molecule has 7 heteroatoms. The number of benzene rings is 3. The van der Waals surface area contributed by atoms with Crippen molar-refractivity contribution in [1.82, 2.24) is 9.97 Å². The Hall–Kier alpha value is -3.71. The van der Waals surface area contributed by atoms with E-state index < -0.39 is 0 Å². The van der Waals surface area contributed by atoms with E-state index in [4.69, 9.17) is 0 Å². The normalized spacial score (nSPS) is 12.5. The first kappa shape index (κ1) is 19.3. The first-order valence-corrected chi connectivity index (χ1v) is 10.7. The third-order valence-electron chi connectivity index (χ3n) is 5.18. The predicted molar refractivity (Wildman–Crippen MR) is 120 cm³/mol. The second kappa shape index (κ2) is 7.52. The molecule has 6 nitrogen and oxygen atoms in total. The van der Waals surface area contributed by atoms with Gasteiger partial charge in [-0.2, -0.15) is 0 Å². The lowest BCUT2D eigenvalue weighted by Gasteiger charge is -2.20. The van der Waals surface area contributed by atoms with Crippen LogP contribution in [0.25, 0.3) is 11.0 Å². The summed E-state index contributed by atoms with van der Waals surface area (Å²) in [5, 5.41) is 3.43. The summed E-state index contributed by atoms with van der Waals surface area (Å²) in [5.74, 6) is -0.648. The molecule has 0 aliphatic heterocycles. The van der Waals surface area contributed by atoms with Gasteiger partial charge in [-0.05, 0) is 30.7 Å². The summed E-state index contributed by atoms with van der Waals surface area (Å²) < 4.78 is 0. The second-order valence-electron chi connectivity index (χ2n) is 7.33. The Morgan fingerprint density at radius 2 is 1.71 bits per heavy atom. The van der Waals surface area contributed by atoms with Crippen LogP contribution in [0.2, 0.25) is 0 Å². The molecule has 0 radical (unpaired) electrons. The average molecular weight is 427 g/mol. The topological polar surface area (TPSA) is 91.9 Å². The third kappa shape index (κ3) is 3.43. The summed E-state index contributed by atoms with van der Waals surface area (Å²) in [6.45, 7) is 2.01. The van der Waals surface area contributed by atoms with E-state index >= 15 is 0 Å². The standard InChI is InChI=1S/C24H17N3O3S/c1-13-9-10-17-19(11-13)27-24(26-17)31-12-20(28)25-18-8-4-7-16-21(18)23(30)15-6-3-2-5-14(15)22(16)29/h2-11H,12H2,1H3,(H,25,28)(H,26,27). The molecule has 0 spiro atoms. The van der Waals surface area contributed by atoms with Gasteiger partial charge < -0.3 is 10.3 Å². The van der Waals surface area contributed by atoms with Crippen LogP contribution in [0.1, 0.15) is 37.4 Å². The molecule has 3 aromatic carbocycles. The zero-order valence-electron chi connectivity index (χ0n) is 16.6. The van der Waals surface area contributed by atoms with E-state index in [9.17, 15) is 14.4 Å². The van der Waals surface area contributed by atoms with Crippen molar-refractivity contribution in [2.75, 3.05) is 11.1 Å². The zero-order valence-corrected chi connectivity index (χ0v) is 17.4. The van der Waals surface area contributed by atoms with Crippen molar-refractivity contribution in [3.63, 3.8) is 0 Å². The van der Waals surface area contributed by atoms with Crippen LogP contribution in [0.4, 0.5) is 5.69 Å². The third-order valence-corrected chi connectivity index (χ3v) is 6.06. The van der Waals surface area contributed by atoms with Crippen LogP contribution >= 0.6 is 11.8 Å². The number of rotatable bonds is 4. The Bertz CT molecular complexity index is 1390. The Kier molecular flexibility index (Phi) is 4.67. The molecule has 4 aromatic rings. The first-order valence-electron chi connectivity index (χ1n) is 9.72. The molecule has 5 rings (SSSR count). The van der Waals surface area contributed by atoms with Gasteiger partial charge in [0.15, 0.2) is 16.7 Å². The van der Waals surface area contributed by atoms with E-state index in [1.165, 1.54) is 11.8 Å². The SMILES string of the molecule is Cc1ccc2nc(SCC(=O)Nc3cccc4c3C(=O)c3ccccc3C4=O)[nH]c2c1. The fourth-order valence-electron chi connectivity index (χ4n) is 3.74. The van der Waals surface area contributed by atoms with Gasteiger partial charge >= 0.3 is 0 Å². The lowest BCUT2D eigenvalue weighted by atomic mass is 9.83. The molecule has 1 heterocycles. The number of H-pyrrole nitrogens is 1. The van der Waals surface area contributed by atoms with Gasteiger partial charge in [-0.15, -0.1) is 0 Å². The summed E-state index contributed by atoms with van der Waals surface area (Å²) in [6.07, 6.45) is 0. The summed E-state index contributed by atoms with van der Waals surface area (Å²) in [5.41, 5.74) is 4.52. The minimum atomic E-state index is -0.283. The molecule has 0 saturated carbocycles. The van der Waals surface area contributed by atoms with Crippen molar-refractivity contribution in [2.45, 2.75) is 12.1 Å². The number of aryl methyl sites for hydroxylation is 1. The molecular formula is C24H17N3O3S. The number of hydrogen-bond donors (Lipinski definition) is 2. The molecule has 0 saturated heterocycles. The number of carbonyl (C=O) groups is 3. The van der Waals surface area contributed by atoms with Crippen LogP contribution in [-0.4, -0.2) is 33.2 Å². The van der Waals surface area contributed by atoms with Gasteiger partial charge in [0.05, 0.1) is 28.0 Å². The summed E-state index contributed by atoms with van der Waals surface area (Å²) in [7, 11) is 0. The number of nitrogens with zero attached hydrogens (tertiary/aromatic N) is 1. The molecule has 1 aliphatic rings. The Morgan fingerprint density at radius 3 is 2.52 bits per heavy atom. The smallest absolute Gasteiger partial charge is 0.234 e. The first-order chi connectivity index (χ1) is 15.0. The maximum absolute atomic E-state index is 13.0. The lowest BCUT2D eigenvalue weighted by Crippen LogP contribution is -2.24. The lowest BCUT2D eigenvalue weighted by molar-refractivity contribution is -0.113. The zero-order chi connectivity index (χ0) is 21.5. The molecule has 1 aromatic heterocycles. The second-order valence-corrected chi connectivity index (χ2v) is 8.30. The number of amides is 1. The van der Waals surface area contributed by atoms with Crippen LogP contribution in [0, 0.1) is 6.92 Å². The highest BCUT2D eigenvalue weighted by molar-refractivity contribution is 7.99. The van der Waals surface area contributed by atoms with E-state index in [2.05, 4.69) is 15.3 Å². The van der Waals surface area contributed by atoms with Gasteiger partial charge in [0.2, 0.25) is 5.91 Å². The van der Waals surface area contributed by atoms with Crippen LogP contribution in [0.5, 0.6) is 0 Å². The van der Waals surface area contributed by atoms with E-state index in [0.29, 0.717) is 27.5 Å². The van der Waals surface area contributed by atoms with E-state index in [0.717, 1.165) is 16.6 Å². The fraction of sp³-hybridized carbons (Fsp3) is 0.0833. The van der Waals surface area contributed by atoms with Crippen LogP contribution in [-0.2, 0) is 4.79 Å². The number of fused-ring (bicyclic) bond motifs is 3. The number of thioether (sulfide) groups is 1. The molecule has 1 amide bonds. The maximum atomic E-state index is 13.0. The molecule has 0 unspecified atom stereocenters. The number of aromatic amines is 1. The Balaban J connectivity index is 1.36. The van der Waals surface area contributed by atoms with E-state index in [1.54, 1.807) is 42.5 Å². The monoisotopic (exact) mass is 427 g/mol. The number of anilines is 1. The van der Waals surface area contributed by atoms with Crippen molar-refractivity contribution in [3.05, 3.63) is 88.5 Å². The predicted octanol–water partition coefficient (Wildman–Crippen LogP) is 4.38. The van der Waals surface area contributed by atoms with Gasteiger partial charge in [0.1, 0.15) is 0 Å². The fourth-order valence-corrected chi connectivity index (χ4v) is 4.42. The highest BCUT2D eigenvalue weighted by atomic mass is 32.2. The summed E-state index contributed by atoms with van der Waals surface area (Å²) in [6, 6.07) is 17.6. The quantitative estimate of drug-likeness (QED) is 0.415. The van der Waals surface area contributed by atoms with Crippen LogP contribution < -0.4 is 5.32 Å². The molecular weight excluding hydrogens is 410 g/mol. The summed E-state index contributed by atoms with van der Waals surface area (Å²) >= 11 is 1.28. The van der Waals surface area contributed by atoms with E-state index in [-0.39, 0.29) is 28.8 Å². The van der Waals surface area contributed by atoms with Crippen molar-refractivity contribution in [3.8, 4) is 0 Å². The number of imidazole rings is 1. The van der Waals surface area contributed by atoms with Gasteiger partial charge in [-0.3, -0.25) is 14.4 Å².